The van der Waals surface area contributed by atoms with Gasteiger partial charge >= 0.3 is 61.3 Å². The summed E-state index contributed by atoms with van der Waals surface area (Å²) < 4.78 is 348. The highest BCUT2D eigenvalue weighted by atomic mass is 19.4. The zero-order valence-corrected chi connectivity index (χ0v) is 39.5. The molecule has 0 spiro atoms. The van der Waals surface area contributed by atoms with Crippen LogP contribution in [0, 0.1) is 0 Å². The van der Waals surface area contributed by atoms with Crippen LogP contribution in [0.1, 0.15) is 54.9 Å². The van der Waals surface area contributed by atoms with Crippen LogP contribution in [0.4, 0.5) is 105 Å². The molecule has 30 heteroatoms. The van der Waals surface area contributed by atoms with E-state index in [0.717, 1.165) is 10.8 Å². The molecule has 1 aromatic heterocycles. The van der Waals surface area contributed by atoms with Gasteiger partial charge in [0.25, 0.3) is 0 Å². The van der Waals surface area contributed by atoms with Gasteiger partial charge in [0.05, 0.1) is 49.9 Å². The fourth-order valence-corrected chi connectivity index (χ4v) is 8.59. The average molecular weight is 1190 g/mol. The molecular formula is C51H28BF24NO4. The molecule has 1 N–H and O–H groups in total. The van der Waals surface area contributed by atoms with Gasteiger partial charge in [-0.2, -0.15) is 132 Å². The molecule has 6 aromatic carbocycles. The van der Waals surface area contributed by atoms with Gasteiger partial charge in [-0.3, -0.25) is 4.79 Å². The lowest BCUT2D eigenvalue weighted by Crippen LogP contribution is -2.75. The summed E-state index contributed by atoms with van der Waals surface area (Å²) in [5.41, 5.74) is -29.6. The van der Waals surface area contributed by atoms with Gasteiger partial charge in [0, 0.05) is 11.6 Å². The van der Waals surface area contributed by atoms with Gasteiger partial charge in [-0.05, 0) is 35.7 Å². The number of hydrogen-bond donors (Lipinski definition) is 1. The second-order valence-corrected chi connectivity index (χ2v) is 17.5. The largest absolute Gasteiger partial charge is 0.479 e. The normalized spacial score (nSPS) is 13.2. The molecule has 0 aliphatic carbocycles. The lowest BCUT2D eigenvalue weighted by molar-refractivity contribution is -0.687. The minimum atomic E-state index is -6.13. The molecule has 0 amide bonds. The summed E-state index contributed by atoms with van der Waals surface area (Å²) in [7, 11) is 0. The Kier molecular flexibility index (Phi) is 16.8. The lowest BCUT2D eigenvalue weighted by Gasteiger charge is -2.46. The number of alkyl halides is 24. The van der Waals surface area contributed by atoms with E-state index in [2.05, 4.69) is 0 Å². The number of carboxylic acids is 1. The number of hydrogen-bond acceptors (Lipinski definition) is 3. The van der Waals surface area contributed by atoms with E-state index in [1.165, 1.54) is 0 Å². The third-order valence-electron chi connectivity index (χ3n) is 12.1. The molecule has 1 heterocycles. The van der Waals surface area contributed by atoms with Crippen molar-refractivity contribution in [2.45, 2.75) is 56.0 Å². The van der Waals surface area contributed by atoms with Gasteiger partial charge < -0.3 is 9.84 Å². The number of aromatic nitrogens is 1. The highest BCUT2D eigenvalue weighted by molar-refractivity contribution is 7.20. The van der Waals surface area contributed by atoms with Crippen molar-refractivity contribution in [3.63, 3.8) is 0 Å². The highest BCUT2D eigenvalue weighted by Gasteiger charge is 2.47. The van der Waals surface area contributed by atoms with E-state index in [9.17, 15) is 115 Å². The summed E-state index contributed by atoms with van der Waals surface area (Å²) in [4.78, 5) is 23.3. The Hall–Kier alpha value is -7.95. The summed E-state index contributed by atoms with van der Waals surface area (Å²) in [6.45, 7) is -0.392. The van der Waals surface area contributed by atoms with Crippen molar-refractivity contribution in [3.8, 4) is 5.88 Å². The van der Waals surface area contributed by atoms with Crippen LogP contribution in [-0.4, -0.2) is 29.6 Å². The molecule has 0 radical (unpaired) electrons. The number of ether oxygens (including phenoxy) is 1. The van der Waals surface area contributed by atoms with E-state index in [4.69, 9.17) is 9.84 Å². The Morgan fingerprint density at radius 2 is 0.679 bits per heavy atom. The van der Waals surface area contributed by atoms with Crippen LogP contribution < -0.4 is 31.2 Å². The van der Waals surface area contributed by atoms with Gasteiger partial charge in [-0.15, -0.1) is 0 Å². The first-order valence-electron chi connectivity index (χ1n) is 22.1. The van der Waals surface area contributed by atoms with E-state index < -0.39 is 207 Å². The number of ketones is 1. The van der Waals surface area contributed by atoms with Crippen LogP contribution >= 0.6 is 0 Å². The average Bonchev–Trinajstić information content (AvgIpc) is 3.34. The monoisotopic (exact) mass is 1190 g/mol. The van der Waals surface area contributed by atoms with Crippen molar-refractivity contribution in [1.82, 2.24) is 0 Å². The predicted octanol–water partition coefficient (Wildman–Crippen LogP) is 13.7. The summed E-state index contributed by atoms with van der Waals surface area (Å²) in [5, 5.41) is 10.6. The number of nitrogens with zero attached hydrogens (tertiary/aromatic N) is 1. The smallest absolute Gasteiger partial charge is 0.416 e. The Balaban J connectivity index is 0.000000363. The number of rotatable bonds is 10. The molecule has 7 rings (SSSR count). The van der Waals surface area contributed by atoms with E-state index in [1.807, 2.05) is 36.4 Å². The van der Waals surface area contributed by atoms with Crippen LogP contribution in [0.15, 0.2) is 140 Å². The number of halogens is 24. The van der Waals surface area contributed by atoms with Crippen molar-refractivity contribution < 1.29 is 129 Å². The van der Waals surface area contributed by atoms with Crippen molar-refractivity contribution in [2.24, 2.45) is 0 Å². The highest BCUT2D eigenvalue weighted by Crippen LogP contribution is 2.41. The van der Waals surface area contributed by atoms with Crippen LogP contribution in [0.5, 0.6) is 5.88 Å². The summed E-state index contributed by atoms with van der Waals surface area (Å²) in [5.74, 6) is -0.764. The molecular weight excluding hydrogens is 1160 g/mol. The van der Waals surface area contributed by atoms with Gasteiger partial charge in [0.2, 0.25) is 12.3 Å². The maximum atomic E-state index is 14.2. The summed E-state index contributed by atoms with van der Waals surface area (Å²) >= 11 is 0. The second-order valence-electron chi connectivity index (χ2n) is 17.5. The minimum Gasteiger partial charge on any atom is -0.479 e. The topological polar surface area (TPSA) is 67.5 Å². The molecule has 432 valence electrons. The molecule has 0 saturated heterocycles. The first-order valence-corrected chi connectivity index (χ1v) is 22.1. The lowest BCUT2D eigenvalue weighted by atomic mass is 9.12. The van der Waals surface area contributed by atoms with Gasteiger partial charge in [0.1, 0.15) is 6.15 Å². The molecule has 0 aliphatic heterocycles. The van der Waals surface area contributed by atoms with Crippen molar-refractivity contribution in [1.29, 1.82) is 0 Å². The van der Waals surface area contributed by atoms with Crippen LogP contribution in [0.2, 0.25) is 0 Å². The van der Waals surface area contributed by atoms with Crippen LogP contribution in [-0.2, 0) is 60.7 Å². The maximum absolute atomic E-state index is 14.2. The van der Waals surface area contributed by atoms with Crippen molar-refractivity contribution in [2.75, 3.05) is 6.61 Å². The number of carboxylic acid groups (broad SMARTS) is 1. The van der Waals surface area contributed by atoms with Crippen molar-refractivity contribution in [3.05, 3.63) is 190 Å². The fraction of sp³-hybridized carbons (Fsp3) is 0.196. The molecule has 5 nitrogen and oxygen atoms in total. The summed E-state index contributed by atoms with van der Waals surface area (Å²) in [6, 6.07) is 9.52. The quantitative estimate of drug-likeness (QED) is 0.0641. The number of aliphatic carboxylic acids is 1. The number of pyridine rings is 1. The standard InChI is InChI=1S/C32H12BF24.C19H15NO4/c34-25(35,36)13-1-14(26(37,38)39)6-21(5-13)33(22-7-15(27(40,41)42)2-16(8-22)28(43,44)45,23-9-17(29(46,47)48)3-18(10-23)30(49,50)51)24-11-19(31(52,53)54)4-20(12-24)32(55,56)57;21-17(15-7-2-1-3-8-15)12-20-11-10-14-6-4-5-9-16(14)19(20)24-13-18(22)23/h1-12H;1-11H,12-13H2/q-1;/p+1. The van der Waals surface area contributed by atoms with Crippen molar-refractivity contribution >= 4 is 50.5 Å². The maximum Gasteiger partial charge on any atom is 0.416 e. The Bertz CT molecular complexity index is 3030. The molecule has 7 aromatic rings. The fourth-order valence-electron chi connectivity index (χ4n) is 8.59. The zero-order chi connectivity index (χ0) is 60.9. The number of benzene rings is 6. The molecule has 0 unspecified atom stereocenters. The molecule has 0 fully saturated rings. The summed E-state index contributed by atoms with van der Waals surface area (Å²) in [6.07, 6.45) is -53.1. The number of carbonyl (C=O) groups excluding carboxylic acids is 1. The van der Waals surface area contributed by atoms with E-state index in [1.54, 1.807) is 35.0 Å². The number of Topliss-reactive ketones (excluding diaryl/α,β-unsaturated/α-hetero) is 1. The van der Waals surface area contributed by atoms with E-state index in [-0.39, 0.29) is 12.3 Å². The number of carbonyl (C=O) groups is 2. The van der Waals surface area contributed by atoms with E-state index in [0.29, 0.717) is 11.4 Å². The first kappa shape index (κ1) is 62.3. The minimum absolute atomic E-state index is 0.0731. The SMILES string of the molecule is FC(F)(F)c1cc([B-](c2cc(C(F)(F)F)cc(C(F)(F)F)c2)(c2cc(C(F)(F)F)cc(C(F)(F)F)c2)c2cc(C(F)(F)F)cc(C(F)(F)F)c2)cc(C(F)(F)F)c1.O=C(O)COc1c2ccccc2cc[n+]1CC(=O)c1ccccc1. The van der Waals surface area contributed by atoms with Gasteiger partial charge in [0.15, 0.2) is 12.8 Å². The first-order chi connectivity index (χ1) is 36.9. The third kappa shape index (κ3) is 14.3. The Morgan fingerprint density at radius 3 is 0.963 bits per heavy atom. The van der Waals surface area contributed by atoms with Gasteiger partial charge in [-0.1, -0.05) is 97.1 Å². The van der Waals surface area contributed by atoms with Gasteiger partial charge in [-0.25, -0.2) is 4.79 Å². The number of fused-ring (bicyclic) bond motifs is 1. The third-order valence-corrected chi connectivity index (χ3v) is 12.1. The molecule has 81 heavy (non-hydrogen) atoms. The Labute approximate surface area is 437 Å². The Morgan fingerprint density at radius 1 is 0.395 bits per heavy atom. The van der Waals surface area contributed by atoms with Crippen LogP contribution in [0.3, 0.4) is 0 Å². The molecule has 0 bridgehead atoms. The van der Waals surface area contributed by atoms with Crippen LogP contribution in [0.25, 0.3) is 10.8 Å². The molecule has 0 atom stereocenters. The van der Waals surface area contributed by atoms with E-state index >= 15 is 0 Å². The zero-order valence-electron chi connectivity index (χ0n) is 39.5. The molecule has 0 saturated carbocycles. The predicted molar refractivity (Wildman–Crippen MR) is 238 cm³/mol. The molecule has 0 aliphatic rings. The second kappa shape index (κ2) is 21.8.